The molecule has 3 nitrogen and oxygen atoms in total. The van der Waals surface area contributed by atoms with Gasteiger partial charge in [-0.2, -0.15) is 0 Å². The highest BCUT2D eigenvalue weighted by Crippen LogP contribution is 2.29. The lowest BCUT2D eigenvalue weighted by atomic mass is 9.98. The second-order valence-corrected chi connectivity index (χ2v) is 8.31. The number of nitrogens with one attached hydrogen (secondary N) is 1. The highest BCUT2D eigenvalue weighted by atomic mass is 79.9. The molecule has 4 heteroatoms. The van der Waals surface area contributed by atoms with Gasteiger partial charge in [-0.3, -0.25) is 4.79 Å². The van der Waals surface area contributed by atoms with E-state index in [4.69, 9.17) is 4.74 Å². The maximum Gasteiger partial charge on any atom is 0.258 e. The third-order valence-corrected chi connectivity index (χ3v) is 5.45. The van der Waals surface area contributed by atoms with Crippen LogP contribution in [0.1, 0.15) is 48.1 Å². The summed E-state index contributed by atoms with van der Waals surface area (Å²) in [5.41, 5.74) is 4.48. The summed E-state index contributed by atoms with van der Waals surface area (Å²) in [6, 6.07) is 23.9. The van der Waals surface area contributed by atoms with E-state index in [9.17, 15) is 4.79 Å². The van der Waals surface area contributed by atoms with E-state index in [1.54, 1.807) is 0 Å². The van der Waals surface area contributed by atoms with Crippen molar-refractivity contribution < 1.29 is 9.53 Å². The molecule has 3 aromatic carbocycles. The Bertz CT molecular complexity index is 952. The lowest BCUT2D eigenvalue weighted by molar-refractivity contribution is -0.123. The summed E-state index contributed by atoms with van der Waals surface area (Å²) < 4.78 is 6.62. The topological polar surface area (TPSA) is 38.3 Å². The Morgan fingerprint density at radius 3 is 2.17 bits per heavy atom. The number of amides is 1. The van der Waals surface area contributed by atoms with Gasteiger partial charge in [0.25, 0.3) is 5.91 Å². The number of benzene rings is 3. The Morgan fingerprint density at radius 1 is 0.931 bits per heavy atom. The van der Waals surface area contributed by atoms with Gasteiger partial charge in [-0.1, -0.05) is 80.1 Å². The molecule has 0 aliphatic heterocycles. The Hall–Kier alpha value is -2.59. The molecule has 1 atom stereocenters. The Morgan fingerprint density at radius 2 is 1.55 bits per heavy atom. The fraction of sp³-hybridized carbons (Fsp3) is 0.240. The zero-order valence-electron chi connectivity index (χ0n) is 17.0. The van der Waals surface area contributed by atoms with E-state index in [-0.39, 0.29) is 18.6 Å². The predicted octanol–water partition coefficient (Wildman–Crippen LogP) is 6.17. The average Bonchev–Trinajstić information content (AvgIpc) is 2.72. The van der Waals surface area contributed by atoms with Gasteiger partial charge in [-0.05, 0) is 57.6 Å². The van der Waals surface area contributed by atoms with Crippen LogP contribution in [-0.4, -0.2) is 12.5 Å². The number of halogens is 1. The molecule has 1 N–H and O–H groups in total. The Labute approximate surface area is 181 Å². The fourth-order valence-electron chi connectivity index (χ4n) is 3.10. The van der Waals surface area contributed by atoms with Crippen molar-refractivity contribution in [1.82, 2.24) is 5.32 Å². The molecule has 0 heterocycles. The van der Waals surface area contributed by atoms with Crippen molar-refractivity contribution in [2.45, 2.75) is 32.7 Å². The van der Waals surface area contributed by atoms with Crippen LogP contribution in [0, 0.1) is 6.92 Å². The predicted molar refractivity (Wildman–Crippen MR) is 121 cm³/mol. The maximum absolute atomic E-state index is 12.7. The van der Waals surface area contributed by atoms with Gasteiger partial charge in [0.05, 0.1) is 10.5 Å². The normalized spacial score (nSPS) is 11.9. The molecule has 0 fully saturated rings. The van der Waals surface area contributed by atoms with E-state index in [0.29, 0.717) is 11.7 Å². The van der Waals surface area contributed by atoms with Crippen molar-refractivity contribution >= 4 is 21.8 Å². The summed E-state index contributed by atoms with van der Waals surface area (Å²) in [6.45, 7) is 6.29. The lowest BCUT2D eigenvalue weighted by Gasteiger charge is -2.20. The number of hydrogen-bond acceptors (Lipinski definition) is 2. The van der Waals surface area contributed by atoms with Gasteiger partial charge in [0.1, 0.15) is 5.75 Å². The molecule has 0 saturated heterocycles. The summed E-state index contributed by atoms with van der Waals surface area (Å²) in [4.78, 5) is 12.7. The summed E-state index contributed by atoms with van der Waals surface area (Å²) >= 11 is 3.54. The van der Waals surface area contributed by atoms with Crippen LogP contribution in [0.2, 0.25) is 0 Å². The van der Waals surface area contributed by atoms with Gasteiger partial charge in [-0.15, -0.1) is 0 Å². The van der Waals surface area contributed by atoms with Crippen molar-refractivity contribution in [2.24, 2.45) is 0 Å². The number of hydrogen-bond donors (Lipinski definition) is 1. The van der Waals surface area contributed by atoms with E-state index in [1.807, 2.05) is 48.5 Å². The van der Waals surface area contributed by atoms with E-state index in [1.165, 1.54) is 11.1 Å². The molecule has 0 bridgehead atoms. The second-order valence-electron chi connectivity index (χ2n) is 7.46. The molecule has 0 aliphatic carbocycles. The number of ether oxygens (including phenoxy) is 1. The van der Waals surface area contributed by atoms with Crippen LogP contribution in [0.25, 0.3) is 0 Å². The molecule has 0 unspecified atom stereocenters. The van der Waals surface area contributed by atoms with Gasteiger partial charge in [-0.25, -0.2) is 0 Å². The molecule has 3 rings (SSSR count). The highest BCUT2D eigenvalue weighted by molar-refractivity contribution is 9.10. The monoisotopic (exact) mass is 451 g/mol. The fourth-order valence-corrected chi connectivity index (χ4v) is 3.61. The molecule has 0 saturated carbocycles. The van der Waals surface area contributed by atoms with Crippen LogP contribution in [0.15, 0.2) is 77.3 Å². The zero-order valence-corrected chi connectivity index (χ0v) is 18.6. The summed E-state index contributed by atoms with van der Waals surface area (Å²) in [5, 5.41) is 3.11. The van der Waals surface area contributed by atoms with Gasteiger partial charge in [0.2, 0.25) is 0 Å². The van der Waals surface area contributed by atoms with Crippen LogP contribution >= 0.6 is 15.9 Å². The molecule has 1 amide bonds. The summed E-state index contributed by atoms with van der Waals surface area (Å²) in [7, 11) is 0. The number of rotatable bonds is 7. The summed E-state index contributed by atoms with van der Waals surface area (Å²) in [6.07, 6.45) is 0. The lowest BCUT2D eigenvalue weighted by Crippen LogP contribution is -2.33. The molecule has 0 aliphatic rings. The standard InChI is InChI=1S/C25H26BrNO2/c1-17(2)21-13-14-23(22(26)15-21)29-16-24(28)27-25(19-7-5-4-6-8-19)20-11-9-18(3)10-12-20/h4-15,17,25H,16H2,1-3H3,(H,27,28)/t25-/m0/s1. The molecular weight excluding hydrogens is 426 g/mol. The third-order valence-electron chi connectivity index (χ3n) is 4.83. The SMILES string of the molecule is Cc1ccc([C@@H](NC(=O)COc2ccc(C(C)C)cc2Br)c2ccccc2)cc1. The molecule has 150 valence electrons. The molecule has 0 aromatic heterocycles. The number of carbonyl (C=O) groups excluding carboxylic acids is 1. The molecule has 29 heavy (non-hydrogen) atoms. The van der Waals surface area contributed by atoms with Crippen molar-refractivity contribution in [1.29, 1.82) is 0 Å². The van der Waals surface area contributed by atoms with Crippen LogP contribution in [0.3, 0.4) is 0 Å². The largest absolute Gasteiger partial charge is 0.483 e. The first kappa shape index (κ1) is 21.1. The zero-order chi connectivity index (χ0) is 20.8. The first-order valence-electron chi connectivity index (χ1n) is 9.77. The van der Waals surface area contributed by atoms with Crippen LogP contribution in [-0.2, 0) is 4.79 Å². The van der Waals surface area contributed by atoms with E-state index < -0.39 is 0 Å². The Balaban J connectivity index is 1.71. The van der Waals surface area contributed by atoms with E-state index >= 15 is 0 Å². The van der Waals surface area contributed by atoms with Gasteiger partial charge >= 0.3 is 0 Å². The van der Waals surface area contributed by atoms with Gasteiger partial charge < -0.3 is 10.1 Å². The molecular formula is C25H26BrNO2. The number of aryl methyl sites for hydroxylation is 1. The van der Waals surface area contributed by atoms with Crippen LogP contribution < -0.4 is 10.1 Å². The van der Waals surface area contributed by atoms with E-state index in [0.717, 1.165) is 15.6 Å². The van der Waals surface area contributed by atoms with E-state index in [2.05, 4.69) is 66.3 Å². The highest BCUT2D eigenvalue weighted by Gasteiger charge is 2.17. The molecule has 3 aromatic rings. The first-order valence-corrected chi connectivity index (χ1v) is 10.6. The van der Waals surface area contributed by atoms with Crippen molar-refractivity contribution in [3.63, 3.8) is 0 Å². The van der Waals surface area contributed by atoms with Crippen LogP contribution in [0.4, 0.5) is 0 Å². The van der Waals surface area contributed by atoms with Crippen LogP contribution in [0.5, 0.6) is 5.75 Å². The van der Waals surface area contributed by atoms with Gasteiger partial charge in [0.15, 0.2) is 6.61 Å². The summed E-state index contributed by atoms with van der Waals surface area (Å²) in [5.74, 6) is 0.931. The minimum Gasteiger partial charge on any atom is -0.483 e. The average molecular weight is 452 g/mol. The minimum absolute atomic E-state index is 0.0468. The van der Waals surface area contributed by atoms with Crippen molar-refractivity contribution in [3.8, 4) is 5.75 Å². The Kier molecular flexibility index (Phi) is 7.10. The van der Waals surface area contributed by atoms with Crippen molar-refractivity contribution in [2.75, 3.05) is 6.61 Å². The maximum atomic E-state index is 12.7. The van der Waals surface area contributed by atoms with Crippen molar-refractivity contribution in [3.05, 3.63) is 99.5 Å². The molecule has 0 spiro atoms. The quantitative estimate of drug-likeness (QED) is 0.466. The minimum atomic E-state index is -0.223. The first-order chi connectivity index (χ1) is 13.9. The number of carbonyl (C=O) groups is 1. The smallest absolute Gasteiger partial charge is 0.258 e. The second kappa shape index (κ2) is 9.75. The third kappa shape index (κ3) is 5.70. The molecule has 0 radical (unpaired) electrons. The van der Waals surface area contributed by atoms with Gasteiger partial charge in [0, 0.05) is 0 Å².